The molecule has 0 bridgehead atoms. The Labute approximate surface area is 157 Å². The maximum Gasteiger partial charge on any atom is 0.290 e. The molecule has 0 spiro atoms. The van der Waals surface area contributed by atoms with Crippen LogP contribution < -0.4 is 21.1 Å². The number of hydrazine groups is 1. The van der Waals surface area contributed by atoms with Crippen LogP contribution in [0.3, 0.4) is 0 Å². The molecule has 1 aromatic heterocycles. The lowest BCUT2D eigenvalue weighted by Gasteiger charge is -2.12. The number of H-pyrrole nitrogens is 1. The molecule has 0 aliphatic carbocycles. The molecule has 1 unspecified atom stereocenters. The third-order valence-corrected chi connectivity index (χ3v) is 4.43. The number of hydrogen-bond donors (Lipinski definition) is 3. The van der Waals surface area contributed by atoms with Gasteiger partial charge in [0.05, 0.1) is 5.39 Å². The predicted octanol–water partition coefficient (Wildman–Crippen LogP) is 1.34. The second-order valence-corrected chi connectivity index (χ2v) is 6.39. The summed E-state index contributed by atoms with van der Waals surface area (Å²) in [5, 5.41) is 7.31. The van der Waals surface area contributed by atoms with E-state index >= 15 is 0 Å². The molecule has 3 aromatic rings. The van der Waals surface area contributed by atoms with E-state index in [1.54, 1.807) is 42.5 Å². The van der Waals surface area contributed by atoms with E-state index in [0.717, 1.165) is 5.56 Å². The number of benzene rings is 2. The lowest BCUT2D eigenvalue weighted by atomic mass is 10.1. The molecular weight excluding hydrogens is 372 g/mol. The fourth-order valence-electron chi connectivity index (χ4n) is 2.91. The van der Waals surface area contributed by atoms with Crippen molar-refractivity contribution in [1.29, 1.82) is 0 Å². The maximum atomic E-state index is 12.4. The molecule has 0 radical (unpaired) electrons. The first-order valence-electron chi connectivity index (χ1n) is 8.05. The summed E-state index contributed by atoms with van der Waals surface area (Å²) >= 11 is 5.93. The Bertz CT molecular complexity index is 1130. The van der Waals surface area contributed by atoms with Crippen molar-refractivity contribution in [3.05, 3.63) is 69.1 Å². The Kier molecular flexibility index (Phi) is 4.25. The molecule has 0 saturated carbocycles. The average molecular weight is 385 g/mol. The number of nitrogens with zero attached hydrogens (tertiary/aromatic N) is 1. The van der Waals surface area contributed by atoms with Crippen molar-refractivity contribution < 1.29 is 14.3 Å². The summed E-state index contributed by atoms with van der Waals surface area (Å²) in [7, 11) is 0. The van der Waals surface area contributed by atoms with Gasteiger partial charge in [-0.3, -0.25) is 25.2 Å². The van der Waals surface area contributed by atoms with Crippen LogP contribution in [0.15, 0.2) is 47.3 Å². The Morgan fingerprint density at radius 2 is 1.93 bits per heavy atom. The number of fused-ring (bicyclic) bond motifs is 2. The van der Waals surface area contributed by atoms with Gasteiger partial charge in [-0.05, 0) is 29.8 Å². The topological polar surface area (TPSA) is 113 Å². The highest BCUT2D eigenvalue weighted by molar-refractivity contribution is 6.30. The van der Waals surface area contributed by atoms with Crippen LogP contribution in [-0.4, -0.2) is 28.1 Å². The monoisotopic (exact) mass is 384 g/mol. The first-order chi connectivity index (χ1) is 13.0. The normalized spacial score (nSPS) is 15.1. The highest BCUT2D eigenvalue weighted by atomic mass is 35.5. The van der Waals surface area contributed by atoms with Crippen molar-refractivity contribution in [2.24, 2.45) is 0 Å². The summed E-state index contributed by atoms with van der Waals surface area (Å²) in [4.78, 5) is 36.5. The minimum absolute atomic E-state index is 0.00657. The number of carbonyl (C=O) groups is 2. The lowest BCUT2D eigenvalue weighted by molar-refractivity contribution is -0.128. The number of rotatable bonds is 2. The van der Waals surface area contributed by atoms with Crippen molar-refractivity contribution in [3.8, 4) is 5.75 Å². The highest BCUT2D eigenvalue weighted by Gasteiger charge is 2.29. The summed E-state index contributed by atoms with van der Waals surface area (Å²) in [6, 6.07) is 11.7. The summed E-state index contributed by atoms with van der Waals surface area (Å²) in [6.45, 7) is 0. The van der Waals surface area contributed by atoms with E-state index in [-0.39, 0.29) is 5.69 Å². The van der Waals surface area contributed by atoms with Gasteiger partial charge < -0.3 is 4.74 Å². The zero-order valence-corrected chi connectivity index (χ0v) is 14.5. The molecule has 1 aliphatic rings. The van der Waals surface area contributed by atoms with E-state index in [9.17, 15) is 14.4 Å². The molecule has 3 N–H and O–H groups in total. The second-order valence-electron chi connectivity index (χ2n) is 5.95. The Hall–Kier alpha value is -3.39. The van der Waals surface area contributed by atoms with Crippen LogP contribution in [0.5, 0.6) is 5.75 Å². The number of aromatic amines is 1. The van der Waals surface area contributed by atoms with Crippen molar-refractivity contribution in [1.82, 2.24) is 21.0 Å². The van der Waals surface area contributed by atoms with Crippen molar-refractivity contribution in [2.75, 3.05) is 0 Å². The molecule has 136 valence electrons. The lowest BCUT2D eigenvalue weighted by Crippen LogP contribution is -2.48. The largest absolute Gasteiger partial charge is 0.480 e. The molecule has 2 aromatic carbocycles. The van der Waals surface area contributed by atoms with E-state index < -0.39 is 23.5 Å². The quantitative estimate of drug-likeness (QED) is 0.577. The molecular formula is C18H13ClN4O4. The van der Waals surface area contributed by atoms with Crippen molar-refractivity contribution in [3.63, 3.8) is 0 Å². The van der Waals surface area contributed by atoms with Gasteiger partial charge >= 0.3 is 0 Å². The summed E-state index contributed by atoms with van der Waals surface area (Å²) in [6.07, 6.45) is -0.434. The first-order valence-corrected chi connectivity index (χ1v) is 8.43. The van der Waals surface area contributed by atoms with Crippen molar-refractivity contribution in [2.45, 2.75) is 12.5 Å². The Balaban J connectivity index is 1.45. The maximum absolute atomic E-state index is 12.4. The number of aromatic nitrogens is 2. The van der Waals surface area contributed by atoms with Crippen LogP contribution in [-0.2, 0) is 11.2 Å². The van der Waals surface area contributed by atoms with Crippen LogP contribution >= 0.6 is 11.6 Å². The van der Waals surface area contributed by atoms with Gasteiger partial charge in [-0.2, -0.15) is 5.10 Å². The fraction of sp³-hybridized carbons (Fsp3) is 0.111. The summed E-state index contributed by atoms with van der Waals surface area (Å²) in [5.74, 6) is -0.585. The zero-order chi connectivity index (χ0) is 19.0. The minimum Gasteiger partial charge on any atom is -0.480 e. The van der Waals surface area contributed by atoms with Crippen LogP contribution in [0.25, 0.3) is 10.8 Å². The number of ether oxygens (including phenoxy) is 1. The van der Waals surface area contributed by atoms with Gasteiger partial charge in [0.25, 0.3) is 17.4 Å². The standard InChI is InChI=1S/C18H13ClN4O4/c19-10-5-6-13-9(7-10)8-14(27-13)17(25)22-23-18(26)15-11-3-1-2-4-12(11)16(24)21-20-15/h1-7,14H,8H2,(H,21,24)(H,22,25)(H,23,26). The molecule has 2 heterocycles. The van der Waals surface area contributed by atoms with E-state index in [0.29, 0.717) is 28.0 Å². The van der Waals surface area contributed by atoms with Gasteiger partial charge in [0.1, 0.15) is 5.75 Å². The molecule has 0 saturated heterocycles. The third kappa shape index (κ3) is 3.22. The molecule has 1 aliphatic heterocycles. The molecule has 2 amide bonds. The molecule has 27 heavy (non-hydrogen) atoms. The third-order valence-electron chi connectivity index (χ3n) is 4.20. The van der Waals surface area contributed by atoms with E-state index in [1.807, 2.05) is 0 Å². The fourth-order valence-corrected chi connectivity index (χ4v) is 3.10. The minimum atomic E-state index is -0.779. The van der Waals surface area contributed by atoms with E-state index in [1.165, 1.54) is 0 Å². The van der Waals surface area contributed by atoms with Crippen LogP contribution in [0, 0.1) is 0 Å². The van der Waals surface area contributed by atoms with Gasteiger partial charge in [0.2, 0.25) is 0 Å². The molecule has 8 nitrogen and oxygen atoms in total. The van der Waals surface area contributed by atoms with Crippen LogP contribution in [0.4, 0.5) is 0 Å². The van der Waals surface area contributed by atoms with Gasteiger partial charge in [0, 0.05) is 16.8 Å². The van der Waals surface area contributed by atoms with Gasteiger partial charge in [-0.15, -0.1) is 0 Å². The smallest absolute Gasteiger partial charge is 0.290 e. The number of amides is 2. The second kappa shape index (κ2) is 6.73. The molecule has 9 heteroatoms. The van der Waals surface area contributed by atoms with Crippen molar-refractivity contribution >= 4 is 34.2 Å². The van der Waals surface area contributed by atoms with E-state index in [4.69, 9.17) is 16.3 Å². The predicted molar refractivity (Wildman–Crippen MR) is 97.5 cm³/mol. The Morgan fingerprint density at radius 1 is 1.15 bits per heavy atom. The zero-order valence-electron chi connectivity index (χ0n) is 13.8. The molecule has 1 atom stereocenters. The number of carbonyl (C=O) groups excluding carboxylic acids is 2. The Morgan fingerprint density at radius 3 is 2.74 bits per heavy atom. The number of nitrogens with one attached hydrogen (secondary N) is 3. The van der Waals surface area contributed by atoms with E-state index in [2.05, 4.69) is 21.0 Å². The summed E-state index contributed by atoms with van der Waals surface area (Å²) in [5.41, 5.74) is 5.03. The number of halogens is 1. The highest BCUT2D eigenvalue weighted by Crippen LogP contribution is 2.31. The molecule has 4 rings (SSSR count). The van der Waals surface area contributed by atoms with Gasteiger partial charge in [-0.1, -0.05) is 29.8 Å². The van der Waals surface area contributed by atoms with Gasteiger partial charge in [0.15, 0.2) is 11.8 Å². The van der Waals surface area contributed by atoms with Crippen LogP contribution in [0.1, 0.15) is 16.1 Å². The SMILES string of the molecule is O=C(NNC(=O)C1Cc2cc(Cl)ccc2O1)c1n[nH]c(=O)c2ccccc12. The van der Waals surface area contributed by atoms with Crippen LogP contribution in [0.2, 0.25) is 5.02 Å². The van der Waals surface area contributed by atoms with Gasteiger partial charge in [-0.25, -0.2) is 5.10 Å². The average Bonchev–Trinajstić information content (AvgIpc) is 3.09. The molecule has 0 fully saturated rings. The first kappa shape index (κ1) is 17.0. The summed E-state index contributed by atoms with van der Waals surface area (Å²) < 4.78 is 5.56. The number of hydrogen-bond acceptors (Lipinski definition) is 5.